The van der Waals surface area contributed by atoms with E-state index in [1.54, 1.807) is 6.07 Å². The summed E-state index contributed by atoms with van der Waals surface area (Å²) in [5.41, 5.74) is 4.65. The molecule has 7 heteroatoms. The monoisotopic (exact) mass is 406 g/mol. The first kappa shape index (κ1) is 21.1. The minimum atomic E-state index is -0.277. The van der Waals surface area contributed by atoms with Crippen LogP contribution in [0.15, 0.2) is 54.6 Å². The third-order valence-corrected chi connectivity index (χ3v) is 4.22. The van der Waals surface area contributed by atoms with Gasteiger partial charge in [-0.15, -0.1) is 10.2 Å². The molecule has 156 valence electrons. The lowest BCUT2D eigenvalue weighted by atomic mass is 10.1. The van der Waals surface area contributed by atoms with Crippen molar-refractivity contribution in [2.45, 2.75) is 20.8 Å². The fourth-order valence-electron chi connectivity index (χ4n) is 2.98. The van der Waals surface area contributed by atoms with Gasteiger partial charge in [0.1, 0.15) is 12.4 Å². The number of urea groups is 1. The molecule has 30 heavy (non-hydrogen) atoms. The van der Waals surface area contributed by atoms with Crippen LogP contribution in [-0.2, 0) is 0 Å². The molecule has 0 saturated heterocycles. The maximum atomic E-state index is 12.0. The largest absolute Gasteiger partial charge is 0.494 e. The Kier molecular flexibility index (Phi) is 7.21. The molecule has 3 aromatic rings. The fourth-order valence-corrected chi connectivity index (χ4v) is 2.98. The average Bonchev–Trinajstić information content (AvgIpc) is 2.72. The maximum Gasteiger partial charge on any atom is 0.319 e. The summed E-state index contributed by atoms with van der Waals surface area (Å²) in [6.07, 6.45) is 0. The van der Waals surface area contributed by atoms with Crippen LogP contribution in [0.3, 0.4) is 0 Å². The highest BCUT2D eigenvalue weighted by atomic mass is 16.5. The molecule has 0 radical (unpaired) electrons. The number of hydrogen-bond donors (Lipinski definition) is 2. The number of rotatable bonds is 8. The average molecular weight is 406 g/mol. The molecule has 2 aromatic carbocycles. The van der Waals surface area contributed by atoms with Crippen LogP contribution in [0.5, 0.6) is 11.6 Å². The molecule has 0 aliphatic rings. The highest BCUT2D eigenvalue weighted by Gasteiger charge is 2.05. The van der Waals surface area contributed by atoms with Gasteiger partial charge in [0.2, 0.25) is 5.88 Å². The highest BCUT2D eigenvalue weighted by molar-refractivity contribution is 5.89. The Balaban J connectivity index is 1.43. The molecule has 0 atom stereocenters. The molecular weight excluding hydrogens is 380 g/mol. The number of amides is 2. The van der Waals surface area contributed by atoms with E-state index in [0.29, 0.717) is 19.0 Å². The molecule has 0 spiro atoms. The lowest BCUT2D eigenvalue weighted by Gasteiger charge is -2.10. The van der Waals surface area contributed by atoms with E-state index >= 15 is 0 Å². The number of nitrogens with zero attached hydrogens (tertiary/aromatic N) is 2. The smallest absolute Gasteiger partial charge is 0.319 e. The lowest BCUT2D eigenvalue weighted by molar-refractivity contribution is 0.246. The zero-order valence-electron chi connectivity index (χ0n) is 17.4. The van der Waals surface area contributed by atoms with Crippen LogP contribution < -0.4 is 20.1 Å². The van der Waals surface area contributed by atoms with E-state index in [2.05, 4.69) is 26.9 Å². The van der Waals surface area contributed by atoms with Crippen molar-refractivity contribution < 1.29 is 14.3 Å². The van der Waals surface area contributed by atoms with Crippen molar-refractivity contribution >= 4 is 11.7 Å². The normalized spacial score (nSPS) is 10.4. The second kappa shape index (κ2) is 10.2. The minimum Gasteiger partial charge on any atom is -0.494 e. The van der Waals surface area contributed by atoms with Gasteiger partial charge >= 0.3 is 6.03 Å². The number of carbonyl (C=O) groups is 1. The molecule has 2 N–H and O–H groups in total. The van der Waals surface area contributed by atoms with E-state index < -0.39 is 0 Å². The zero-order valence-corrected chi connectivity index (χ0v) is 17.4. The number of carbonyl (C=O) groups excluding carboxylic acids is 1. The van der Waals surface area contributed by atoms with Crippen molar-refractivity contribution in [1.82, 2.24) is 15.5 Å². The van der Waals surface area contributed by atoms with Crippen LogP contribution in [0.25, 0.3) is 11.3 Å². The number of benzene rings is 2. The van der Waals surface area contributed by atoms with Gasteiger partial charge in [0, 0.05) is 17.3 Å². The Morgan fingerprint density at radius 1 is 0.933 bits per heavy atom. The van der Waals surface area contributed by atoms with Crippen LogP contribution >= 0.6 is 0 Å². The molecule has 0 aliphatic carbocycles. The van der Waals surface area contributed by atoms with Crippen molar-refractivity contribution in [2.75, 3.05) is 25.1 Å². The molecule has 2 amide bonds. The van der Waals surface area contributed by atoms with Crippen LogP contribution in [0.2, 0.25) is 0 Å². The summed E-state index contributed by atoms with van der Waals surface area (Å²) in [6, 6.07) is 16.9. The summed E-state index contributed by atoms with van der Waals surface area (Å²) >= 11 is 0. The topological polar surface area (TPSA) is 85.4 Å². The molecule has 1 aromatic heterocycles. The molecule has 0 saturated carbocycles. The van der Waals surface area contributed by atoms with E-state index in [1.165, 1.54) is 0 Å². The van der Waals surface area contributed by atoms with Gasteiger partial charge < -0.3 is 20.1 Å². The number of ether oxygens (including phenoxy) is 2. The SMILES string of the molecule is CCOc1ccc(-c2ccc(OCCNC(=O)Nc3cc(C)cc(C)c3)nn2)cc1. The van der Waals surface area contributed by atoms with Crippen molar-refractivity contribution in [2.24, 2.45) is 0 Å². The van der Waals surface area contributed by atoms with E-state index in [-0.39, 0.29) is 12.6 Å². The second-order valence-electron chi connectivity index (χ2n) is 6.82. The van der Waals surface area contributed by atoms with Crippen molar-refractivity contribution in [3.8, 4) is 22.9 Å². The Morgan fingerprint density at radius 2 is 1.67 bits per heavy atom. The van der Waals surface area contributed by atoms with Crippen LogP contribution in [0, 0.1) is 13.8 Å². The summed E-state index contributed by atoms with van der Waals surface area (Å²) in [5, 5.41) is 13.9. The molecular formula is C23H26N4O3. The molecule has 0 bridgehead atoms. The van der Waals surface area contributed by atoms with Crippen LogP contribution in [0.1, 0.15) is 18.1 Å². The molecule has 3 rings (SSSR count). The first-order chi connectivity index (χ1) is 14.5. The number of aromatic nitrogens is 2. The number of nitrogens with one attached hydrogen (secondary N) is 2. The van der Waals surface area contributed by atoms with Gasteiger partial charge in [0.25, 0.3) is 0 Å². The number of aryl methyl sites for hydroxylation is 2. The lowest BCUT2D eigenvalue weighted by Crippen LogP contribution is -2.32. The van der Waals surface area contributed by atoms with Crippen molar-refractivity contribution in [1.29, 1.82) is 0 Å². The summed E-state index contributed by atoms with van der Waals surface area (Å²) in [7, 11) is 0. The van der Waals surface area contributed by atoms with Gasteiger partial charge in [0.15, 0.2) is 0 Å². The van der Waals surface area contributed by atoms with Crippen molar-refractivity contribution in [3.05, 3.63) is 65.7 Å². The summed E-state index contributed by atoms with van der Waals surface area (Å²) in [4.78, 5) is 12.0. The van der Waals surface area contributed by atoms with Gasteiger partial charge in [-0.05, 0) is 74.4 Å². The number of hydrogen-bond acceptors (Lipinski definition) is 5. The molecule has 0 aliphatic heterocycles. The zero-order chi connectivity index (χ0) is 21.3. The van der Waals surface area contributed by atoms with Gasteiger partial charge in [-0.2, -0.15) is 0 Å². The highest BCUT2D eigenvalue weighted by Crippen LogP contribution is 2.21. The molecule has 1 heterocycles. The fraction of sp³-hybridized carbons (Fsp3) is 0.261. The van der Waals surface area contributed by atoms with E-state index in [4.69, 9.17) is 9.47 Å². The Hall–Kier alpha value is -3.61. The summed E-state index contributed by atoms with van der Waals surface area (Å²) in [5.74, 6) is 1.23. The second-order valence-corrected chi connectivity index (χ2v) is 6.82. The first-order valence-corrected chi connectivity index (χ1v) is 9.86. The van der Waals surface area contributed by atoms with E-state index in [1.807, 2.05) is 63.2 Å². The Labute approximate surface area is 176 Å². The summed E-state index contributed by atoms with van der Waals surface area (Å²) in [6.45, 7) is 7.20. The van der Waals surface area contributed by atoms with Crippen LogP contribution in [-0.4, -0.2) is 36.0 Å². The minimum absolute atomic E-state index is 0.277. The third kappa shape index (κ3) is 6.20. The quantitative estimate of drug-likeness (QED) is 0.543. The predicted octanol–water partition coefficient (Wildman–Crippen LogP) is 4.36. The van der Waals surface area contributed by atoms with Crippen LogP contribution in [0.4, 0.5) is 10.5 Å². The van der Waals surface area contributed by atoms with E-state index in [9.17, 15) is 4.79 Å². The molecule has 0 fully saturated rings. The summed E-state index contributed by atoms with van der Waals surface area (Å²) < 4.78 is 11.0. The van der Waals surface area contributed by atoms with Gasteiger partial charge in [-0.3, -0.25) is 0 Å². The Bertz CT molecular complexity index is 952. The number of anilines is 1. The van der Waals surface area contributed by atoms with Gasteiger partial charge in [-0.1, -0.05) is 6.07 Å². The van der Waals surface area contributed by atoms with Gasteiger partial charge in [0.05, 0.1) is 18.8 Å². The maximum absolute atomic E-state index is 12.0. The van der Waals surface area contributed by atoms with E-state index in [0.717, 1.165) is 33.8 Å². The third-order valence-electron chi connectivity index (χ3n) is 4.22. The predicted molar refractivity (Wildman–Crippen MR) is 117 cm³/mol. The molecule has 7 nitrogen and oxygen atoms in total. The standard InChI is InChI=1S/C23H26N4O3/c1-4-29-20-7-5-18(6-8-20)21-9-10-22(27-26-21)30-12-11-24-23(28)25-19-14-16(2)13-17(3)15-19/h5-10,13-15H,4,11-12H2,1-3H3,(H2,24,25,28). The Morgan fingerprint density at radius 3 is 2.30 bits per heavy atom. The first-order valence-electron chi connectivity index (χ1n) is 9.86. The van der Waals surface area contributed by atoms with Gasteiger partial charge in [-0.25, -0.2) is 4.79 Å². The molecule has 0 unspecified atom stereocenters. The van der Waals surface area contributed by atoms with Crippen molar-refractivity contribution in [3.63, 3.8) is 0 Å².